The number of nitrogens with zero attached hydrogens (tertiary/aromatic N) is 2. The molecule has 4 nitrogen and oxygen atoms in total. The molecule has 0 amide bonds. The van der Waals surface area contributed by atoms with E-state index in [-0.39, 0.29) is 23.9 Å². The number of hydrogen-bond donors (Lipinski definition) is 0. The zero-order valence-corrected chi connectivity index (χ0v) is 6.73. The van der Waals surface area contributed by atoms with Crippen LogP contribution in [-0.2, 0) is 0 Å². The van der Waals surface area contributed by atoms with Gasteiger partial charge in [-0.2, -0.15) is 9.81 Å². The minimum atomic E-state index is -0.387. The van der Waals surface area contributed by atoms with Gasteiger partial charge in [0.15, 0.2) is 0 Å². The second-order valence-electron chi connectivity index (χ2n) is 3.38. The lowest BCUT2D eigenvalue weighted by molar-refractivity contribution is 0.482. The van der Waals surface area contributed by atoms with Crippen LogP contribution in [0.5, 0.6) is 0 Å². The van der Waals surface area contributed by atoms with E-state index in [1.54, 1.807) is 0 Å². The maximum atomic E-state index is 10.3. The molecule has 0 aliphatic heterocycles. The highest BCUT2D eigenvalue weighted by atomic mass is 16.3. The summed E-state index contributed by atoms with van der Waals surface area (Å²) >= 11 is 0. The average Bonchev–Trinajstić information content (AvgIpc) is 2.24. The van der Waals surface area contributed by atoms with Crippen molar-refractivity contribution in [3.8, 4) is 0 Å². The molecule has 0 aromatic carbocycles. The average molecular weight is 156 g/mol. The van der Waals surface area contributed by atoms with E-state index in [9.17, 15) is 9.81 Å². The second kappa shape index (κ2) is 3.07. The molecular formula is C7H12N2O2. The highest BCUT2D eigenvalue weighted by molar-refractivity contribution is 4.96. The van der Waals surface area contributed by atoms with Crippen molar-refractivity contribution in [3.05, 3.63) is 9.81 Å². The van der Waals surface area contributed by atoms with E-state index in [2.05, 4.69) is 10.4 Å². The molecule has 0 spiro atoms. The van der Waals surface area contributed by atoms with Gasteiger partial charge >= 0.3 is 0 Å². The van der Waals surface area contributed by atoms with Gasteiger partial charge in [-0.25, -0.2) is 0 Å². The van der Waals surface area contributed by atoms with Gasteiger partial charge in [-0.15, -0.1) is 0 Å². The van der Waals surface area contributed by atoms with Crippen LogP contribution < -0.4 is 0 Å². The SMILES string of the molecule is CC1CC(C)[C@H](N=O)C1N=O. The van der Waals surface area contributed by atoms with Gasteiger partial charge < -0.3 is 0 Å². The Morgan fingerprint density at radius 2 is 1.36 bits per heavy atom. The van der Waals surface area contributed by atoms with Gasteiger partial charge in [0, 0.05) is 0 Å². The Morgan fingerprint density at radius 3 is 1.64 bits per heavy atom. The van der Waals surface area contributed by atoms with Gasteiger partial charge in [0.2, 0.25) is 0 Å². The Hall–Kier alpha value is -0.800. The van der Waals surface area contributed by atoms with Gasteiger partial charge in [0.1, 0.15) is 12.1 Å². The molecule has 1 fully saturated rings. The van der Waals surface area contributed by atoms with Crippen molar-refractivity contribution in [2.45, 2.75) is 32.4 Å². The lowest BCUT2D eigenvalue weighted by Gasteiger charge is -2.08. The predicted octanol–water partition coefficient (Wildman–Crippen LogP) is 1.93. The van der Waals surface area contributed by atoms with Crippen LogP contribution in [0, 0.1) is 21.6 Å². The summed E-state index contributed by atoms with van der Waals surface area (Å²) in [4.78, 5) is 20.6. The molecule has 4 atom stereocenters. The van der Waals surface area contributed by atoms with E-state index in [0.29, 0.717) is 0 Å². The first-order valence-corrected chi connectivity index (χ1v) is 3.85. The van der Waals surface area contributed by atoms with E-state index in [1.165, 1.54) is 0 Å². The van der Waals surface area contributed by atoms with Crippen molar-refractivity contribution in [1.82, 2.24) is 0 Å². The van der Waals surface area contributed by atoms with Crippen LogP contribution in [0.15, 0.2) is 10.4 Å². The number of rotatable bonds is 2. The van der Waals surface area contributed by atoms with Gasteiger partial charge in [-0.05, 0) is 18.3 Å². The normalized spacial score (nSPS) is 43.8. The van der Waals surface area contributed by atoms with Gasteiger partial charge in [-0.1, -0.05) is 24.2 Å². The number of hydrogen-bond acceptors (Lipinski definition) is 4. The van der Waals surface area contributed by atoms with Crippen LogP contribution in [0.4, 0.5) is 0 Å². The summed E-state index contributed by atoms with van der Waals surface area (Å²) in [6.45, 7) is 3.88. The van der Waals surface area contributed by atoms with E-state index in [1.807, 2.05) is 13.8 Å². The molecule has 1 rings (SSSR count). The van der Waals surface area contributed by atoms with Crippen molar-refractivity contribution in [1.29, 1.82) is 0 Å². The number of nitroso groups, excluding NO2 is 2. The third-order valence-corrected chi connectivity index (χ3v) is 2.50. The van der Waals surface area contributed by atoms with Crippen molar-refractivity contribution < 1.29 is 0 Å². The smallest absolute Gasteiger partial charge is 0.120 e. The van der Waals surface area contributed by atoms with Crippen molar-refractivity contribution in [2.75, 3.05) is 0 Å². The lowest BCUT2D eigenvalue weighted by atomic mass is 10.1. The van der Waals surface area contributed by atoms with Crippen LogP contribution in [-0.4, -0.2) is 12.1 Å². The van der Waals surface area contributed by atoms with Gasteiger partial charge in [0.05, 0.1) is 0 Å². The zero-order chi connectivity index (χ0) is 8.43. The van der Waals surface area contributed by atoms with Gasteiger partial charge in [0.25, 0.3) is 0 Å². The Balaban J connectivity index is 2.73. The first-order chi connectivity index (χ1) is 5.20. The first-order valence-electron chi connectivity index (χ1n) is 3.85. The molecule has 1 aliphatic carbocycles. The fraction of sp³-hybridized carbons (Fsp3) is 1.00. The quantitative estimate of drug-likeness (QED) is 0.573. The van der Waals surface area contributed by atoms with Crippen LogP contribution in [0.1, 0.15) is 20.3 Å². The standard InChI is InChI=1S/C7H12N2O2/c1-4-3-5(2)7(9-11)6(4)8-10/h4-7H,3H2,1-2H3/t4?,5?,6-,7?/m0/s1. The molecule has 0 bridgehead atoms. The molecule has 0 aromatic rings. The summed E-state index contributed by atoms with van der Waals surface area (Å²) in [5, 5.41) is 5.85. The summed E-state index contributed by atoms with van der Waals surface area (Å²) in [6.07, 6.45) is 0.882. The van der Waals surface area contributed by atoms with E-state index < -0.39 is 0 Å². The van der Waals surface area contributed by atoms with E-state index in [4.69, 9.17) is 0 Å². The third kappa shape index (κ3) is 1.29. The van der Waals surface area contributed by atoms with Crippen molar-refractivity contribution in [2.24, 2.45) is 22.2 Å². The molecule has 0 aromatic heterocycles. The monoisotopic (exact) mass is 156 g/mol. The summed E-state index contributed by atoms with van der Waals surface area (Å²) in [7, 11) is 0. The maximum Gasteiger partial charge on any atom is 0.120 e. The second-order valence-corrected chi connectivity index (χ2v) is 3.38. The fourth-order valence-corrected chi connectivity index (χ4v) is 1.87. The molecule has 1 aliphatic rings. The molecule has 0 heterocycles. The molecule has 4 heteroatoms. The molecule has 0 saturated heterocycles. The molecule has 11 heavy (non-hydrogen) atoms. The summed E-state index contributed by atoms with van der Waals surface area (Å²) < 4.78 is 0. The van der Waals surface area contributed by atoms with Crippen LogP contribution in [0.3, 0.4) is 0 Å². The molecule has 0 N–H and O–H groups in total. The Labute approximate surface area is 65.3 Å². The fourth-order valence-electron chi connectivity index (χ4n) is 1.87. The minimum Gasteiger partial charge on any atom is -0.150 e. The zero-order valence-electron chi connectivity index (χ0n) is 6.73. The molecule has 1 saturated carbocycles. The Bertz CT molecular complexity index is 154. The van der Waals surface area contributed by atoms with Gasteiger partial charge in [-0.3, -0.25) is 0 Å². The van der Waals surface area contributed by atoms with Crippen LogP contribution in [0.2, 0.25) is 0 Å². The molecule has 0 radical (unpaired) electrons. The Morgan fingerprint density at radius 1 is 1.00 bits per heavy atom. The topological polar surface area (TPSA) is 58.9 Å². The molecule has 62 valence electrons. The molecule has 3 unspecified atom stereocenters. The Kier molecular flexibility index (Phi) is 2.31. The highest BCUT2D eigenvalue weighted by Crippen LogP contribution is 2.34. The summed E-state index contributed by atoms with van der Waals surface area (Å²) in [5.74, 6) is 0.426. The van der Waals surface area contributed by atoms with Crippen molar-refractivity contribution in [3.63, 3.8) is 0 Å². The molecular weight excluding hydrogens is 144 g/mol. The highest BCUT2D eigenvalue weighted by Gasteiger charge is 2.41. The largest absolute Gasteiger partial charge is 0.150 e. The summed E-state index contributed by atoms with van der Waals surface area (Å²) in [6, 6.07) is -0.773. The maximum absolute atomic E-state index is 10.3. The first kappa shape index (κ1) is 8.30. The van der Waals surface area contributed by atoms with E-state index >= 15 is 0 Å². The third-order valence-electron chi connectivity index (χ3n) is 2.50. The predicted molar refractivity (Wildman–Crippen MR) is 42.1 cm³/mol. The van der Waals surface area contributed by atoms with Crippen LogP contribution >= 0.6 is 0 Å². The minimum absolute atomic E-state index is 0.213. The summed E-state index contributed by atoms with van der Waals surface area (Å²) in [5.41, 5.74) is 0. The van der Waals surface area contributed by atoms with Crippen molar-refractivity contribution >= 4 is 0 Å². The van der Waals surface area contributed by atoms with Crippen LogP contribution in [0.25, 0.3) is 0 Å². The lowest BCUT2D eigenvalue weighted by Crippen LogP contribution is -2.22. The van der Waals surface area contributed by atoms with E-state index in [0.717, 1.165) is 6.42 Å².